The molecule has 0 bridgehead atoms. The normalized spacial score (nSPS) is 9.29. The first-order valence-electron chi connectivity index (χ1n) is 3.82. The molecule has 1 aromatic heterocycles. The molecule has 0 atom stereocenters. The molecule has 0 unspecified atom stereocenters. The summed E-state index contributed by atoms with van der Waals surface area (Å²) in [4.78, 5) is 17.7. The van der Waals surface area contributed by atoms with E-state index in [1.807, 2.05) is 0 Å². The number of Topliss-reactive ketones (excluding diaryl/α,β-unsaturated/α-hetero) is 1. The minimum absolute atomic E-state index is 0.142. The van der Waals surface area contributed by atoms with Crippen LogP contribution in [0, 0.1) is 6.92 Å². The number of hydrogen-bond donors (Lipinski definition) is 0. The monoisotopic (exact) mass is 210 g/mol. The van der Waals surface area contributed by atoms with Gasteiger partial charge in [-0.2, -0.15) is 0 Å². The number of azide groups is 1. The molecule has 0 amide bonds. The van der Waals surface area contributed by atoms with Crippen LogP contribution in [-0.4, -0.2) is 17.3 Å². The van der Waals surface area contributed by atoms with Crippen LogP contribution in [0.15, 0.2) is 17.2 Å². The third-order valence-corrected chi connectivity index (χ3v) is 1.85. The molecule has 0 fully saturated rings. The average molecular weight is 211 g/mol. The molecule has 14 heavy (non-hydrogen) atoms. The molecule has 0 aliphatic heterocycles. The van der Waals surface area contributed by atoms with E-state index in [1.54, 1.807) is 19.1 Å². The van der Waals surface area contributed by atoms with Crippen LogP contribution < -0.4 is 0 Å². The largest absolute Gasteiger partial charge is 0.294 e. The maximum Gasteiger partial charge on any atom is 0.171 e. The fraction of sp³-hybridized carbons (Fsp3) is 0.250. The summed E-state index contributed by atoms with van der Waals surface area (Å²) in [5.41, 5.74) is 9.05. The average Bonchev–Trinajstić information content (AvgIpc) is 2.14. The summed E-state index contributed by atoms with van der Waals surface area (Å²) in [6, 6.07) is 3.25. The van der Waals surface area contributed by atoms with Crippen molar-refractivity contribution in [2.24, 2.45) is 5.11 Å². The van der Waals surface area contributed by atoms with Crippen molar-refractivity contribution in [3.63, 3.8) is 0 Å². The number of carbonyl (C=O) groups is 1. The Bertz CT molecular complexity index is 412. The van der Waals surface area contributed by atoms with E-state index in [-0.39, 0.29) is 23.0 Å². The molecule has 5 nitrogen and oxygen atoms in total. The number of rotatable bonds is 3. The lowest BCUT2D eigenvalue weighted by Crippen LogP contribution is -2.04. The molecule has 0 spiro atoms. The predicted molar refractivity (Wildman–Crippen MR) is 52.3 cm³/mol. The van der Waals surface area contributed by atoms with Crippen molar-refractivity contribution < 1.29 is 4.79 Å². The van der Waals surface area contributed by atoms with Crippen molar-refractivity contribution >= 4 is 17.4 Å². The smallest absolute Gasteiger partial charge is 0.171 e. The minimum atomic E-state index is -0.333. The number of halogens is 1. The molecule has 0 radical (unpaired) electrons. The van der Waals surface area contributed by atoms with E-state index < -0.39 is 0 Å². The Morgan fingerprint density at radius 3 is 3.00 bits per heavy atom. The van der Waals surface area contributed by atoms with E-state index in [1.165, 1.54) is 0 Å². The van der Waals surface area contributed by atoms with Gasteiger partial charge in [0, 0.05) is 10.6 Å². The van der Waals surface area contributed by atoms with Crippen LogP contribution in [0.2, 0.25) is 5.15 Å². The molecule has 0 aliphatic rings. The molecule has 1 heterocycles. The molecule has 6 heteroatoms. The Balaban J connectivity index is 2.95. The molecule has 0 aromatic carbocycles. The first-order chi connectivity index (χ1) is 6.65. The Kier molecular flexibility index (Phi) is 3.45. The van der Waals surface area contributed by atoms with Gasteiger partial charge in [0.15, 0.2) is 5.78 Å². The summed E-state index contributed by atoms with van der Waals surface area (Å²) in [6.45, 7) is 1.54. The summed E-state index contributed by atoms with van der Waals surface area (Å²) in [5.74, 6) is -0.333. The van der Waals surface area contributed by atoms with Crippen LogP contribution in [-0.2, 0) is 0 Å². The lowest BCUT2D eigenvalue weighted by Gasteiger charge is -2.00. The fourth-order valence-corrected chi connectivity index (χ4v) is 1.22. The lowest BCUT2D eigenvalue weighted by molar-refractivity contribution is 0.100. The number of ketones is 1. The Morgan fingerprint density at radius 1 is 1.71 bits per heavy atom. The van der Waals surface area contributed by atoms with Crippen molar-refractivity contribution in [2.75, 3.05) is 6.54 Å². The number of carbonyl (C=O) groups excluding carboxylic acids is 1. The second-order valence-electron chi connectivity index (χ2n) is 2.60. The maximum absolute atomic E-state index is 11.3. The molecular formula is C8H7ClN4O. The third-order valence-electron chi connectivity index (χ3n) is 1.57. The zero-order valence-electron chi connectivity index (χ0n) is 7.44. The molecule has 0 saturated heterocycles. The van der Waals surface area contributed by atoms with Gasteiger partial charge in [0.1, 0.15) is 5.15 Å². The standard InChI is InChI=1S/C8H7ClN4O/c1-5-2-3-6(8(9)12-5)7(14)4-11-13-10/h2-3H,4H2,1H3. The molecular weight excluding hydrogens is 204 g/mol. The van der Waals surface area contributed by atoms with Gasteiger partial charge in [-0.05, 0) is 24.6 Å². The van der Waals surface area contributed by atoms with Gasteiger partial charge in [-0.25, -0.2) is 4.98 Å². The fourth-order valence-electron chi connectivity index (χ4n) is 0.914. The van der Waals surface area contributed by atoms with E-state index in [9.17, 15) is 4.79 Å². The van der Waals surface area contributed by atoms with Gasteiger partial charge < -0.3 is 0 Å². The van der Waals surface area contributed by atoms with Gasteiger partial charge >= 0.3 is 0 Å². The summed E-state index contributed by atoms with van der Waals surface area (Å²) in [6.07, 6.45) is 0. The number of hydrogen-bond acceptors (Lipinski definition) is 3. The molecule has 0 aliphatic carbocycles. The Labute approximate surface area is 85.3 Å². The van der Waals surface area contributed by atoms with Crippen molar-refractivity contribution in [1.82, 2.24) is 4.98 Å². The lowest BCUT2D eigenvalue weighted by atomic mass is 10.2. The maximum atomic E-state index is 11.3. The summed E-state index contributed by atoms with van der Waals surface area (Å²) in [7, 11) is 0. The van der Waals surface area contributed by atoms with Crippen molar-refractivity contribution in [2.45, 2.75) is 6.92 Å². The van der Waals surface area contributed by atoms with Crippen LogP contribution in [0.25, 0.3) is 10.4 Å². The quantitative estimate of drug-likeness (QED) is 0.253. The molecule has 1 aromatic rings. The highest BCUT2D eigenvalue weighted by molar-refractivity contribution is 6.32. The first-order valence-corrected chi connectivity index (χ1v) is 4.20. The van der Waals surface area contributed by atoms with E-state index >= 15 is 0 Å². The highest BCUT2D eigenvalue weighted by atomic mass is 35.5. The van der Waals surface area contributed by atoms with Gasteiger partial charge in [-0.15, -0.1) is 0 Å². The predicted octanol–water partition coefficient (Wildman–Crippen LogP) is 2.54. The first kappa shape index (κ1) is 10.5. The topological polar surface area (TPSA) is 78.7 Å². The van der Waals surface area contributed by atoms with Crippen molar-refractivity contribution in [3.05, 3.63) is 39.0 Å². The molecule has 0 N–H and O–H groups in total. The van der Waals surface area contributed by atoms with Gasteiger partial charge in [0.2, 0.25) is 0 Å². The van der Waals surface area contributed by atoms with Gasteiger partial charge in [0.05, 0.1) is 12.1 Å². The van der Waals surface area contributed by atoms with Crippen LogP contribution in [0.4, 0.5) is 0 Å². The highest BCUT2D eigenvalue weighted by Gasteiger charge is 2.09. The number of aryl methyl sites for hydroxylation is 1. The van der Waals surface area contributed by atoms with E-state index in [4.69, 9.17) is 17.1 Å². The zero-order chi connectivity index (χ0) is 10.6. The van der Waals surface area contributed by atoms with Gasteiger partial charge in [-0.1, -0.05) is 16.7 Å². The SMILES string of the molecule is Cc1ccc(C(=O)CN=[N+]=[N-])c(Cl)n1. The van der Waals surface area contributed by atoms with E-state index in [0.717, 1.165) is 5.69 Å². The summed E-state index contributed by atoms with van der Waals surface area (Å²) < 4.78 is 0. The minimum Gasteiger partial charge on any atom is -0.294 e. The zero-order valence-corrected chi connectivity index (χ0v) is 8.19. The second kappa shape index (κ2) is 4.60. The summed E-state index contributed by atoms with van der Waals surface area (Å²) >= 11 is 5.74. The van der Waals surface area contributed by atoms with Crippen LogP contribution in [0.5, 0.6) is 0 Å². The molecule has 1 rings (SSSR count). The van der Waals surface area contributed by atoms with Crippen molar-refractivity contribution in [1.29, 1.82) is 0 Å². The second-order valence-corrected chi connectivity index (χ2v) is 2.96. The van der Waals surface area contributed by atoms with E-state index in [0.29, 0.717) is 0 Å². The van der Waals surface area contributed by atoms with Gasteiger partial charge in [0.25, 0.3) is 0 Å². The van der Waals surface area contributed by atoms with Gasteiger partial charge in [-0.3, -0.25) is 4.79 Å². The highest BCUT2D eigenvalue weighted by Crippen LogP contribution is 2.14. The Morgan fingerprint density at radius 2 is 2.43 bits per heavy atom. The number of nitrogens with zero attached hydrogens (tertiary/aromatic N) is 4. The number of pyridine rings is 1. The third kappa shape index (κ3) is 2.45. The van der Waals surface area contributed by atoms with Crippen molar-refractivity contribution in [3.8, 4) is 0 Å². The van der Waals surface area contributed by atoms with Crippen LogP contribution in [0.3, 0.4) is 0 Å². The summed E-state index contributed by atoms with van der Waals surface area (Å²) in [5, 5.41) is 3.30. The number of aromatic nitrogens is 1. The Hall–Kier alpha value is -1.58. The molecule has 0 saturated carbocycles. The molecule has 72 valence electrons. The van der Waals surface area contributed by atoms with Crippen LogP contribution in [0.1, 0.15) is 16.1 Å². The van der Waals surface area contributed by atoms with Crippen LogP contribution >= 0.6 is 11.6 Å². The van der Waals surface area contributed by atoms with E-state index in [2.05, 4.69) is 15.0 Å².